The van der Waals surface area contributed by atoms with Gasteiger partial charge >= 0.3 is 0 Å². The number of aliphatic imine (C=N–C) groups is 1. The number of carbonyl (C=O) groups is 1. The van der Waals surface area contributed by atoms with Gasteiger partial charge in [-0.3, -0.25) is 9.79 Å². The number of aryl methyl sites for hydroxylation is 1. The van der Waals surface area contributed by atoms with Gasteiger partial charge in [0.2, 0.25) is 0 Å². The molecule has 0 fully saturated rings. The lowest BCUT2D eigenvalue weighted by atomic mass is 10.1. The second kappa shape index (κ2) is 16.9. The molecule has 0 aliphatic rings. The summed E-state index contributed by atoms with van der Waals surface area (Å²) in [6, 6.07) is 5.73. The highest BCUT2D eigenvalue weighted by Crippen LogP contribution is 2.24. The van der Waals surface area contributed by atoms with E-state index in [2.05, 4.69) is 62.7 Å². The molecule has 34 heavy (non-hydrogen) atoms. The number of rotatable bonds is 13. The number of thioether (sulfide) groups is 1. The normalized spacial score (nSPS) is 13.9. The summed E-state index contributed by atoms with van der Waals surface area (Å²) < 4.78 is 0. The Morgan fingerprint density at radius 1 is 1.09 bits per heavy atom. The molecule has 1 rings (SSSR count). The summed E-state index contributed by atoms with van der Waals surface area (Å²) in [7, 11) is 0. The number of amides is 1. The van der Waals surface area contributed by atoms with Crippen LogP contribution < -0.4 is 5.32 Å². The number of allylic oxidation sites excluding steroid dienone is 8. The Labute approximate surface area is 211 Å². The fourth-order valence-electron chi connectivity index (χ4n) is 3.15. The monoisotopic (exact) mass is 478 g/mol. The van der Waals surface area contributed by atoms with Gasteiger partial charge in [0, 0.05) is 11.3 Å². The third-order valence-electron chi connectivity index (χ3n) is 5.07. The summed E-state index contributed by atoms with van der Waals surface area (Å²) in [5.74, 6) is -0.109. The fraction of sp³-hybridized carbons (Fsp3) is 0.400. The average Bonchev–Trinajstić information content (AvgIpc) is 2.81. The SMILES string of the molecule is C\C=C/C=C/C(=C\CC)C(/C)=C/S/C(=C/CCC)NC(=O)c1ccc(C)c(N=C(C)CCC)c1. The fourth-order valence-corrected chi connectivity index (χ4v) is 3.96. The number of unbranched alkanes of at least 4 members (excludes halogenated alkanes) is 1. The third-order valence-corrected chi connectivity index (χ3v) is 6.07. The highest BCUT2D eigenvalue weighted by Gasteiger charge is 2.10. The number of benzene rings is 1. The molecule has 0 bridgehead atoms. The molecule has 0 spiro atoms. The van der Waals surface area contributed by atoms with Crippen molar-refractivity contribution in [1.82, 2.24) is 5.32 Å². The topological polar surface area (TPSA) is 41.5 Å². The number of nitrogens with one attached hydrogen (secondary N) is 1. The second-order valence-electron chi connectivity index (χ2n) is 8.28. The van der Waals surface area contributed by atoms with Gasteiger partial charge in [-0.05, 0) is 81.2 Å². The number of nitrogens with zero attached hydrogens (tertiary/aromatic N) is 1. The summed E-state index contributed by atoms with van der Waals surface area (Å²) in [4.78, 5) is 17.8. The van der Waals surface area contributed by atoms with Crippen LogP contribution in [0.25, 0.3) is 0 Å². The van der Waals surface area contributed by atoms with Crippen molar-refractivity contribution in [3.05, 3.63) is 87.4 Å². The Hall–Kier alpha value is -2.59. The van der Waals surface area contributed by atoms with Gasteiger partial charge in [-0.2, -0.15) is 0 Å². The first-order valence-electron chi connectivity index (χ1n) is 12.4. The van der Waals surface area contributed by atoms with E-state index in [4.69, 9.17) is 4.99 Å². The van der Waals surface area contributed by atoms with Crippen molar-refractivity contribution >= 4 is 29.1 Å². The first-order chi connectivity index (χ1) is 16.4. The van der Waals surface area contributed by atoms with E-state index in [9.17, 15) is 4.79 Å². The highest BCUT2D eigenvalue weighted by atomic mass is 32.2. The molecule has 1 N–H and O–H groups in total. The summed E-state index contributed by atoms with van der Waals surface area (Å²) in [6.07, 6.45) is 17.5. The number of hydrogen-bond acceptors (Lipinski definition) is 3. The van der Waals surface area contributed by atoms with Crippen LogP contribution >= 0.6 is 11.8 Å². The number of hydrogen-bond donors (Lipinski definition) is 1. The molecule has 0 saturated heterocycles. The van der Waals surface area contributed by atoms with E-state index in [0.717, 1.165) is 54.1 Å². The Morgan fingerprint density at radius 2 is 1.85 bits per heavy atom. The maximum absolute atomic E-state index is 13.1. The molecule has 184 valence electrons. The van der Waals surface area contributed by atoms with Crippen LogP contribution in [-0.4, -0.2) is 11.6 Å². The third kappa shape index (κ3) is 11.0. The molecule has 1 amide bonds. The predicted molar refractivity (Wildman–Crippen MR) is 153 cm³/mol. The Bertz CT molecular complexity index is 978. The maximum atomic E-state index is 13.1. The summed E-state index contributed by atoms with van der Waals surface area (Å²) in [5, 5.41) is 6.08. The number of carbonyl (C=O) groups excluding carboxylic acids is 1. The van der Waals surface area contributed by atoms with Crippen molar-refractivity contribution in [2.24, 2.45) is 4.99 Å². The molecule has 0 radical (unpaired) electrons. The Balaban J connectivity index is 3.09. The predicted octanol–water partition coefficient (Wildman–Crippen LogP) is 9.36. The van der Waals surface area contributed by atoms with Gasteiger partial charge in [0.15, 0.2) is 0 Å². The van der Waals surface area contributed by atoms with E-state index in [1.165, 1.54) is 11.1 Å². The molecule has 0 aliphatic carbocycles. The summed E-state index contributed by atoms with van der Waals surface area (Å²) in [5.41, 5.74) is 6.01. The molecule has 0 unspecified atom stereocenters. The molecule has 4 heteroatoms. The van der Waals surface area contributed by atoms with Crippen LogP contribution in [0, 0.1) is 6.92 Å². The molecule has 1 aromatic carbocycles. The molecule has 0 aliphatic heterocycles. The smallest absolute Gasteiger partial charge is 0.256 e. The second-order valence-corrected chi connectivity index (χ2v) is 9.19. The molecule has 1 aromatic rings. The Kier molecular flexibility index (Phi) is 14.7. The maximum Gasteiger partial charge on any atom is 0.256 e. The van der Waals surface area contributed by atoms with Gasteiger partial charge in [0.25, 0.3) is 5.91 Å². The van der Waals surface area contributed by atoms with E-state index in [-0.39, 0.29) is 5.91 Å². The Morgan fingerprint density at radius 3 is 2.50 bits per heavy atom. The van der Waals surface area contributed by atoms with E-state index in [1.807, 2.05) is 51.1 Å². The average molecular weight is 479 g/mol. The molecular formula is C30H42N2OS. The zero-order valence-electron chi connectivity index (χ0n) is 22.1. The van der Waals surface area contributed by atoms with Crippen LogP contribution in [-0.2, 0) is 0 Å². The minimum absolute atomic E-state index is 0.109. The molecule has 0 heterocycles. The first kappa shape index (κ1) is 29.4. The lowest BCUT2D eigenvalue weighted by Crippen LogP contribution is -2.21. The zero-order chi connectivity index (χ0) is 25.3. The van der Waals surface area contributed by atoms with Crippen molar-refractivity contribution in [2.45, 2.75) is 80.6 Å². The van der Waals surface area contributed by atoms with Crippen LogP contribution in [0.3, 0.4) is 0 Å². The standard InChI is InChI=1S/C30H42N2OS/c1-8-12-14-17-26(16-11-4)24(6)22-34-29(18-13-9-2)32-30(33)27-20-19-23(5)28(21-27)31-25(7)15-10-3/h8,12,14,16-22H,9-11,13,15H2,1-7H3,(H,32,33)/b12-8-,17-14+,24-22+,26-16+,29-18+,31-25?. The lowest BCUT2D eigenvalue weighted by Gasteiger charge is -2.11. The van der Waals surface area contributed by atoms with E-state index < -0.39 is 0 Å². The van der Waals surface area contributed by atoms with Gasteiger partial charge in [0.1, 0.15) is 0 Å². The van der Waals surface area contributed by atoms with Crippen LogP contribution in [0.4, 0.5) is 5.69 Å². The van der Waals surface area contributed by atoms with Crippen molar-refractivity contribution in [3.63, 3.8) is 0 Å². The molecule has 0 saturated carbocycles. The largest absolute Gasteiger partial charge is 0.317 e. The quantitative estimate of drug-likeness (QED) is 0.227. The van der Waals surface area contributed by atoms with Crippen molar-refractivity contribution in [1.29, 1.82) is 0 Å². The highest BCUT2D eigenvalue weighted by molar-refractivity contribution is 8.05. The minimum Gasteiger partial charge on any atom is -0.317 e. The van der Waals surface area contributed by atoms with Gasteiger partial charge in [-0.15, -0.1) is 0 Å². The molecule has 3 nitrogen and oxygen atoms in total. The van der Waals surface area contributed by atoms with Crippen LogP contribution in [0.2, 0.25) is 0 Å². The molecule has 0 aromatic heterocycles. The van der Waals surface area contributed by atoms with E-state index in [0.29, 0.717) is 5.56 Å². The van der Waals surface area contributed by atoms with Crippen LogP contribution in [0.5, 0.6) is 0 Å². The van der Waals surface area contributed by atoms with Crippen molar-refractivity contribution in [2.75, 3.05) is 0 Å². The van der Waals surface area contributed by atoms with E-state index >= 15 is 0 Å². The first-order valence-corrected chi connectivity index (χ1v) is 13.2. The van der Waals surface area contributed by atoms with Crippen molar-refractivity contribution in [3.8, 4) is 0 Å². The minimum atomic E-state index is -0.109. The van der Waals surface area contributed by atoms with Crippen LogP contribution in [0.15, 0.2) is 81.2 Å². The van der Waals surface area contributed by atoms with Gasteiger partial charge in [0.05, 0.1) is 10.7 Å². The lowest BCUT2D eigenvalue weighted by molar-refractivity contribution is 0.0968. The van der Waals surface area contributed by atoms with E-state index in [1.54, 1.807) is 11.8 Å². The molecular weight excluding hydrogens is 436 g/mol. The summed E-state index contributed by atoms with van der Waals surface area (Å²) >= 11 is 1.56. The zero-order valence-corrected chi connectivity index (χ0v) is 22.9. The molecule has 0 atom stereocenters. The van der Waals surface area contributed by atoms with Gasteiger partial charge in [-0.1, -0.05) is 87.9 Å². The van der Waals surface area contributed by atoms with Gasteiger partial charge < -0.3 is 5.32 Å². The van der Waals surface area contributed by atoms with Crippen LogP contribution in [0.1, 0.15) is 89.6 Å². The van der Waals surface area contributed by atoms with Gasteiger partial charge in [-0.25, -0.2) is 0 Å². The summed E-state index contributed by atoms with van der Waals surface area (Å²) in [6.45, 7) is 14.6. The van der Waals surface area contributed by atoms with Crippen molar-refractivity contribution < 1.29 is 4.79 Å².